The van der Waals surface area contributed by atoms with Gasteiger partial charge in [0.15, 0.2) is 0 Å². The average Bonchev–Trinajstić information content (AvgIpc) is 3.07. The third-order valence-corrected chi connectivity index (χ3v) is 5.17. The van der Waals surface area contributed by atoms with Crippen LogP contribution in [0.2, 0.25) is 0 Å². The van der Waals surface area contributed by atoms with Crippen molar-refractivity contribution in [2.24, 2.45) is 5.92 Å². The van der Waals surface area contributed by atoms with E-state index in [1.807, 2.05) is 6.07 Å². The third kappa shape index (κ3) is 4.71. The Balaban J connectivity index is 1.46. The Morgan fingerprint density at radius 1 is 1.13 bits per heavy atom. The Hall–Kier alpha value is -1.55. The van der Waals surface area contributed by atoms with Crippen LogP contribution in [0, 0.1) is 5.92 Å². The molecule has 0 unspecified atom stereocenters. The van der Waals surface area contributed by atoms with Gasteiger partial charge in [-0.3, -0.25) is 4.79 Å². The summed E-state index contributed by atoms with van der Waals surface area (Å²) in [5, 5.41) is 12.6. The number of rotatable bonds is 6. The molecule has 4 nitrogen and oxygen atoms in total. The van der Waals surface area contributed by atoms with Crippen molar-refractivity contribution in [2.75, 3.05) is 0 Å². The highest BCUT2D eigenvalue weighted by molar-refractivity contribution is 5.70. The first-order valence-electron chi connectivity index (χ1n) is 8.92. The van der Waals surface area contributed by atoms with Gasteiger partial charge in [0, 0.05) is 12.6 Å². The average molecular weight is 317 g/mol. The second kappa shape index (κ2) is 7.82. The molecule has 0 radical (unpaired) electrons. The summed E-state index contributed by atoms with van der Waals surface area (Å²) in [6.07, 6.45) is 8.80. The second-order valence-corrected chi connectivity index (χ2v) is 6.94. The minimum absolute atomic E-state index is 0.142. The Labute approximate surface area is 138 Å². The van der Waals surface area contributed by atoms with Crippen molar-refractivity contribution in [3.8, 4) is 5.75 Å². The molecule has 1 aromatic rings. The van der Waals surface area contributed by atoms with Gasteiger partial charge in [0.1, 0.15) is 5.75 Å². The number of aliphatic carboxylic acids is 1. The molecule has 0 heterocycles. The van der Waals surface area contributed by atoms with Gasteiger partial charge in [-0.1, -0.05) is 12.1 Å². The van der Waals surface area contributed by atoms with Gasteiger partial charge >= 0.3 is 5.97 Å². The van der Waals surface area contributed by atoms with Gasteiger partial charge in [0.2, 0.25) is 0 Å². The smallest absolute Gasteiger partial charge is 0.306 e. The first-order chi connectivity index (χ1) is 11.2. The van der Waals surface area contributed by atoms with Crippen LogP contribution in [0.1, 0.15) is 56.9 Å². The van der Waals surface area contributed by atoms with E-state index >= 15 is 0 Å². The van der Waals surface area contributed by atoms with E-state index in [1.165, 1.54) is 31.2 Å². The highest BCUT2D eigenvalue weighted by Crippen LogP contribution is 2.26. The normalized spacial score (nSPS) is 25.4. The molecule has 2 saturated carbocycles. The molecular formula is C19H27NO3. The lowest BCUT2D eigenvalue weighted by Crippen LogP contribution is -2.34. The molecular weight excluding hydrogens is 290 g/mol. The quantitative estimate of drug-likeness (QED) is 0.839. The van der Waals surface area contributed by atoms with E-state index in [9.17, 15) is 4.79 Å². The van der Waals surface area contributed by atoms with Crippen molar-refractivity contribution in [3.63, 3.8) is 0 Å². The maximum absolute atomic E-state index is 11.0. The van der Waals surface area contributed by atoms with Crippen molar-refractivity contribution >= 4 is 5.97 Å². The van der Waals surface area contributed by atoms with Crippen molar-refractivity contribution in [2.45, 2.75) is 70.1 Å². The van der Waals surface area contributed by atoms with Crippen molar-refractivity contribution in [1.82, 2.24) is 5.32 Å². The van der Waals surface area contributed by atoms with Gasteiger partial charge in [-0.2, -0.15) is 0 Å². The predicted octanol–water partition coefficient (Wildman–Crippen LogP) is 3.74. The van der Waals surface area contributed by atoms with Gasteiger partial charge in [-0.15, -0.1) is 0 Å². The molecule has 2 aliphatic carbocycles. The van der Waals surface area contributed by atoms with Crippen LogP contribution in [0.5, 0.6) is 5.75 Å². The van der Waals surface area contributed by atoms with Crippen LogP contribution in [0.25, 0.3) is 0 Å². The van der Waals surface area contributed by atoms with E-state index in [-0.39, 0.29) is 5.92 Å². The van der Waals surface area contributed by atoms with E-state index < -0.39 is 5.97 Å². The number of carboxylic acid groups (broad SMARTS) is 1. The van der Waals surface area contributed by atoms with Crippen molar-refractivity contribution in [1.29, 1.82) is 0 Å². The number of nitrogens with one attached hydrogen (secondary N) is 1. The zero-order chi connectivity index (χ0) is 16.1. The van der Waals surface area contributed by atoms with Crippen LogP contribution in [-0.2, 0) is 11.3 Å². The lowest BCUT2D eigenvalue weighted by Gasteiger charge is -2.27. The van der Waals surface area contributed by atoms with E-state index in [4.69, 9.17) is 9.84 Å². The number of carbonyl (C=O) groups is 1. The summed E-state index contributed by atoms with van der Waals surface area (Å²) in [6, 6.07) is 8.79. The molecule has 0 aliphatic heterocycles. The number of hydrogen-bond acceptors (Lipinski definition) is 3. The van der Waals surface area contributed by atoms with E-state index in [1.54, 1.807) is 0 Å². The monoisotopic (exact) mass is 317 g/mol. The molecule has 126 valence electrons. The van der Waals surface area contributed by atoms with Gasteiger partial charge in [-0.05, 0) is 69.1 Å². The van der Waals surface area contributed by atoms with Crippen molar-refractivity contribution in [3.05, 3.63) is 29.8 Å². The SMILES string of the molecule is O=C(O)C1CCC(NCc2cccc(OC3CCCC3)c2)CC1. The lowest BCUT2D eigenvalue weighted by molar-refractivity contribution is -0.142. The van der Waals surface area contributed by atoms with Crippen LogP contribution < -0.4 is 10.1 Å². The molecule has 0 amide bonds. The summed E-state index contributed by atoms with van der Waals surface area (Å²) in [5.74, 6) is 0.196. The number of carboxylic acids is 1. The molecule has 23 heavy (non-hydrogen) atoms. The van der Waals surface area contributed by atoms with Crippen LogP contribution in [0.4, 0.5) is 0 Å². The number of ether oxygens (including phenoxy) is 1. The Morgan fingerprint density at radius 2 is 1.87 bits per heavy atom. The van der Waals surface area contributed by atoms with Gasteiger partial charge in [-0.25, -0.2) is 0 Å². The second-order valence-electron chi connectivity index (χ2n) is 6.94. The van der Waals surface area contributed by atoms with Gasteiger partial charge in [0.25, 0.3) is 0 Å². The summed E-state index contributed by atoms with van der Waals surface area (Å²) in [4.78, 5) is 11.0. The molecule has 0 atom stereocenters. The lowest BCUT2D eigenvalue weighted by atomic mass is 9.86. The summed E-state index contributed by atoms with van der Waals surface area (Å²) in [6.45, 7) is 0.824. The molecule has 2 fully saturated rings. The minimum Gasteiger partial charge on any atom is -0.490 e. The van der Waals surface area contributed by atoms with Crippen LogP contribution in [0.15, 0.2) is 24.3 Å². The summed E-state index contributed by atoms with van der Waals surface area (Å²) < 4.78 is 6.06. The number of hydrogen-bond donors (Lipinski definition) is 2. The molecule has 2 N–H and O–H groups in total. The van der Waals surface area contributed by atoms with Crippen LogP contribution in [0.3, 0.4) is 0 Å². The fourth-order valence-corrected chi connectivity index (χ4v) is 3.73. The topological polar surface area (TPSA) is 58.6 Å². The highest BCUT2D eigenvalue weighted by Gasteiger charge is 2.25. The summed E-state index contributed by atoms with van der Waals surface area (Å²) >= 11 is 0. The van der Waals surface area contributed by atoms with Gasteiger partial charge < -0.3 is 15.2 Å². The molecule has 3 rings (SSSR count). The first-order valence-corrected chi connectivity index (χ1v) is 8.92. The maximum Gasteiger partial charge on any atom is 0.306 e. The number of benzene rings is 1. The first kappa shape index (κ1) is 16.3. The Kier molecular flexibility index (Phi) is 5.55. The fourth-order valence-electron chi connectivity index (χ4n) is 3.73. The van der Waals surface area contributed by atoms with E-state index in [0.717, 1.165) is 38.0 Å². The Morgan fingerprint density at radius 3 is 2.57 bits per heavy atom. The molecule has 0 spiro atoms. The molecule has 0 saturated heterocycles. The van der Waals surface area contributed by atoms with Crippen LogP contribution >= 0.6 is 0 Å². The third-order valence-electron chi connectivity index (χ3n) is 5.17. The van der Waals surface area contributed by atoms with Crippen molar-refractivity contribution < 1.29 is 14.6 Å². The molecule has 0 aromatic heterocycles. The largest absolute Gasteiger partial charge is 0.490 e. The summed E-state index contributed by atoms with van der Waals surface area (Å²) in [5.41, 5.74) is 1.24. The zero-order valence-corrected chi connectivity index (χ0v) is 13.7. The molecule has 4 heteroatoms. The fraction of sp³-hybridized carbons (Fsp3) is 0.632. The molecule has 2 aliphatic rings. The highest BCUT2D eigenvalue weighted by atomic mass is 16.5. The Bertz CT molecular complexity index is 517. The van der Waals surface area contributed by atoms with Crippen LogP contribution in [-0.4, -0.2) is 23.2 Å². The maximum atomic E-state index is 11.0. The summed E-state index contributed by atoms with van der Waals surface area (Å²) in [7, 11) is 0. The standard InChI is InChI=1S/C19H27NO3/c21-19(22)15-8-10-16(11-9-15)20-13-14-4-3-7-18(12-14)23-17-5-1-2-6-17/h3-4,7,12,15-17,20H,1-2,5-6,8-11,13H2,(H,21,22). The van der Waals surface area contributed by atoms with E-state index in [2.05, 4.69) is 23.5 Å². The minimum atomic E-state index is -0.639. The predicted molar refractivity (Wildman–Crippen MR) is 89.5 cm³/mol. The zero-order valence-electron chi connectivity index (χ0n) is 13.7. The molecule has 1 aromatic carbocycles. The van der Waals surface area contributed by atoms with E-state index in [0.29, 0.717) is 12.1 Å². The molecule has 0 bridgehead atoms. The van der Waals surface area contributed by atoms with Gasteiger partial charge in [0.05, 0.1) is 12.0 Å².